The molecule has 0 atom stereocenters. The lowest BCUT2D eigenvalue weighted by atomic mass is 10.1. The number of hydrogen-bond donors (Lipinski definition) is 1. The van der Waals surface area contributed by atoms with Gasteiger partial charge in [0.2, 0.25) is 0 Å². The van der Waals surface area contributed by atoms with Crippen molar-refractivity contribution in [2.75, 3.05) is 5.01 Å². The summed E-state index contributed by atoms with van der Waals surface area (Å²) in [7, 11) is 0. The van der Waals surface area contributed by atoms with E-state index < -0.39 is 0 Å². The van der Waals surface area contributed by atoms with Gasteiger partial charge in [0.25, 0.3) is 11.5 Å². The number of nitrogens with one attached hydrogen (secondary N) is 1. The van der Waals surface area contributed by atoms with Crippen LogP contribution >= 0.6 is 0 Å². The van der Waals surface area contributed by atoms with Gasteiger partial charge < -0.3 is 0 Å². The second kappa shape index (κ2) is 7.59. The molecule has 0 saturated heterocycles. The number of nitrogens with zero attached hydrogens (tertiary/aromatic N) is 3. The highest BCUT2D eigenvalue weighted by Crippen LogP contribution is 2.23. The Kier molecular flexibility index (Phi) is 4.83. The van der Waals surface area contributed by atoms with E-state index in [1.807, 2.05) is 67.6 Å². The van der Waals surface area contributed by atoms with Crippen LogP contribution in [0.3, 0.4) is 0 Å². The molecule has 0 unspecified atom stereocenters. The van der Waals surface area contributed by atoms with Crippen LogP contribution in [0, 0.1) is 6.92 Å². The smallest absolute Gasteiger partial charge is 0.280 e. The third-order valence-electron chi connectivity index (χ3n) is 4.72. The van der Waals surface area contributed by atoms with Crippen LogP contribution in [-0.4, -0.2) is 21.4 Å². The lowest BCUT2D eigenvalue weighted by Gasteiger charge is -2.10. The number of amides is 1. The standard InChI is InChI=1S/C23H20N4O2/c1-16-20(22(28)26(24-16)18-10-5-3-6-11-18)14-9-15-21-17(2)25-27(23(21)29)19-12-7-4-8-13-19/h3-15,24H,1-2H3/b14-9+,21-15?. The third-order valence-corrected chi connectivity index (χ3v) is 4.72. The van der Waals surface area contributed by atoms with Gasteiger partial charge in [-0.25, -0.2) is 4.68 Å². The summed E-state index contributed by atoms with van der Waals surface area (Å²) in [5, 5.41) is 8.83. The fourth-order valence-corrected chi connectivity index (χ4v) is 3.21. The first-order valence-electron chi connectivity index (χ1n) is 9.27. The number of hydrazone groups is 1. The molecule has 144 valence electrons. The van der Waals surface area contributed by atoms with Crippen molar-refractivity contribution in [2.45, 2.75) is 13.8 Å². The molecule has 0 saturated carbocycles. The van der Waals surface area contributed by atoms with Crippen LogP contribution in [-0.2, 0) is 4.79 Å². The average molecular weight is 384 g/mol. The third kappa shape index (κ3) is 3.48. The Morgan fingerprint density at radius 3 is 2.17 bits per heavy atom. The minimum absolute atomic E-state index is 0.141. The molecule has 29 heavy (non-hydrogen) atoms. The van der Waals surface area contributed by atoms with Crippen LogP contribution in [0.1, 0.15) is 18.2 Å². The highest BCUT2D eigenvalue weighted by molar-refractivity contribution is 6.29. The molecule has 0 fully saturated rings. The van der Waals surface area contributed by atoms with Crippen molar-refractivity contribution in [2.24, 2.45) is 5.10 Å². The molecule has 1 aliphatic rings. The molecule has 1 aromatic heterocycles. The maximum atomic E-state index is 12.7. The highest BCUT2D eigenvalue weighted by Gasteiger charge is 2.27. The Labute approximate surface area is 168 Å². The number of aromatic amines is 1. The number of aromatic nitrogens is 2. The van der Waals surface area contributed by atoms with E-state index in [0.29, 0.717) is 16.8 Å². The maximum absolute atomic E-state index is 12.7. The minimum Gasteiger partial charge on any atom is -0.295 e. The number of anilines is 1. The molecule has 0 aliphatic carbocycles. The van der Waals surface area contributed by atoms with Gasteiger partial charge in [-0.05, 0) is 50.3 Å². The van der Waals surface area contributed by atoms with E-state index in [1.54, 1.807) is 25.2 Å². The number of carbonyl (C=O) groups excluding carboxylic acids is 1. The summed E-state index contributed by atoms with van der Waals surface area (Å²) < 4.78 is 1.51. The van der Waals surface area contributed by atoms with E-state index in [9.17, 15) is 9.59 Å². The monoisotopic (exact) mass is 384 g/mol. The molecule has 0 bridgehead atoms. The quantitative estimate of drug-likeness (QED) is 0.695. The summed E-state index contributed by atoms with van der Waals surface area (Å²) in [6.45, 7) is 3.64. The fraction of sp³-hybridized carbons (Fsp3) is 0.0870. The Morgan fingerprint density at radius 2 is 1.52 bits per heavy atom. The van der Waals surface area contributed by atoms with Crippen LogP contribution in [0.15, 0.2) is 88.3 Å². The molecule has 6 nitrogen and oxygen atoms in total. The topological polar surface area (TPSA) is 70.5 Å². The van der Waals surface area contributed by atoms with Gasteiger partial charge in [0, 0.05) is 5.69 Å². The molecule has 4 rings (SSSR count). The number of rotatable bonds is 4. The number of para-hydroxylation sites is 2. The number of benzene rings is 2. The summed E-state index contributed by atoms with van der Waals surface area (Å²) in [6.07, 6.45) is 5.13. The zero-order valence-electron chi connectivity index (χ0n) is 16.2. The first-order chi connectivity index (χ1) is 14.1. The first kappa shape index (κ1) is 18.4. The molecule has 6 heteroatoms. The van der Waals surface area contributed by atoms with Gasteiger partial charge in [-0.1, -0.05) is 42.5 Å². The number of carbonyl (C=O) groups is 1. The van der Waals surface area contributed by atoms with Gasteiger partial charge in [-0.3, -0.25) is 14.7 Å². The lowest BCUT2D eigenvalue weighted by Crippen LogP contribution is -2.21. The van der Waals surface area contributed by atoms with Crippen LogP contribution in [0.25, 0.3) is 11.8 Å². The van der Waals surface area contributed by atoms with Gasteiger partial charge in [0.05, 0.1) is 28.2 Å². The second-order valence-electron chi connectivity index (χ2n) is 6.70. The molecule has 0 radical (unpaired) electrons. The van der Waals surface area contributed by atoms with Gasteiger partial charge in [0.1, 0.15) is 0 Å². The summed E-state index contributed by atoms with van der Waals surface area (Å²) >= 11 is 0. The Morgan fingerprint density at radius 1 is 0.897 bits per heavy atom. The van der Waals surface area contributed by atoms with Gasteiger partial charge in [0.15, 0.2) is 0 Å². The molecule has 2 heterocycles. The van der Waals surface area contributed by atoms with Gasteiger partial charge >= 0.3 is 0 Å². The van der Waals surface area contributed by atoms with E-state index >= 15 is 0 Å². The summed E-state index contributed by atoms with van der Waals surface area (Å²) in [4.78, 5) is 25.5. The number of hydrogen-bond acceptors (Lipinski definition) is 3. The molecule has 0 spiro atoms. The van der Waals surface area contributed by atoms with E-state index in [0.717, 1.165) is 17.1 Å². The first-order valence-corrected chi connectivity index (χ1v) is 9.27. The number of H-pyrrole nitrogens is 1. The van der Waals surface area contributed by atoms with Crippen molar-refractivity contribution in [3.63, 3.8) is 0 Å². The zero-order chi connectivity index (χ0) is 20.4. The van der Waals surface area contributed by atoms with Crippen LogP contribution < -0.4 is 10.6 Å². The van der Waals surface area contributed by atoms with Crippen molar-refractivity contribution in [1.29, 1.82) is 0 Å². The Bertz CT molecular complexity index is 1200. The van der Waals surface area contributed by atoms with Crippen LogP contribution in [0.5, 0.6) is 0 Å². The van der Waals surface area contributed by atoms with Crippen LogP contribution in [0.2, 0.25) is 0 Å². The number of aryl methyl sites for hydroxylation is 1. The lowest BCUT2D eigenvalue weighted by molar-refractivity contribution is -0.114. The summed E-state index contributed by atoms with van der Waals surface area (Å²) in [6, 6.07) is 18.7. The average Bonchev–Trinajstić information content (AvgIpc) is 3.19. The van der Waals surface area contributed by atoms with Crippen molar-refractivity contribution in [1.82, 2.24) is 9.78 Å². The predicted molar refractivity (Wildman–Crippen MR) is 115 cm³/mol. The van der Waals surface area contributed by atoms with Crippen molar-refractivity contribution in [3.8, 4) is 5.69 Å². The van der Waals surface area contributed by atoms with Gasteiger partial charge in [-0.2, -0.15) is 10.1 Å². The highest BCUT2D eigenvalue weighted by atomic mass is 16.2. The van der Waals surface area contributed by atoms with E-state index in [1.165, 1.54) is 9.69 Å². The van der Waals surface area contributed by atoms with E-state index in [4.69, 9.17) is 0 Å². The van der Waals surface area contributed by atoms with Crippen molar-refractivity contribution in [3.05, 3.63) is 100.0 Å². The molecule has 1 aliphatic heterocycles. The summed E-state index contributed by atoms with van der Waals surface area (Å²) in [5.74, 6) is -0.189. The molecule has 3 aromatic rings. The molecule has 2 aromatic carbocycles. The Balaban J connectivity index is 1.60. The largest absolute Gasteiger partial charge is 0.295 e. The van der Waals surface area contributed by atoms with Gasteiger partial charge in [-0.15, -0.1) is 0 Å². The fourth-order valence-electron chi connectivity index (χ4n) is 3.21. The number of allylic oxidation sites excluding steroid dienone is 2. The molecular weight excluding hydrogens is 364 g/mol. The summed E-state index contributed by atoms with van der Waals surface area (Å²) in [5.41, 5.74) is 3.78. The van der Waals surface area contributed by atoms with Crippen molar-refractivity contribution >= 4 is 23.4 Å². The second-order valence-corrected chi connectivity index (χ2v) is 6.70. The molecule has 1 N–H and O–H groups in total. The predicted octanol–water partition coefficient (Wildman–Crippen LogP) is 3.84. The molecular formula is C23H20N4O2. The van der Waals surface area contributed by atoms with E-state index in [2.05, 4.69) is 10.2 Å². The normalized spacial score (nSPS) is 15.5. The van der Waals surface area contributed by atoms with E-state index in [-0.39, 0.29) is 11.5 Å². The van der Waals surface area contributed by atoms with Crippen molar-refractivity contribution < 1.29 is 4.79 Å². The van der Waals surface area contributed by atoms with Crippen LogP contribution in [0.4, 0.5) is 5.69 Å². The maximum Gasteiger partial charge on any atom is 0.280 e. The zero-order valence-corrected chi connectivity index (χ0v) is 16.2. The SMILES string of the molecule is CC1=NN(c2ccccc2)C(=O)C1=C/C=C/c1c(C)[nH]n(-c2ccccc2)c1=O. The molecule has 1 amide bonds. The Hall–Kier alpha value is -3.93. The minimum atomic E-state index is -0.189.